The summed E-state index contributed by atoms with van der Waals surface area (Å²) in [5.74, 6) is 0.0426. The molecule has 0 amide bonds. The van der Waals surface area contributed by atoms with Gasteiger partial charge in [-0.15, -0.1) is 0 Å². The van der Waals surface area contributed by atoms with Crippen molar-refractivity contribution in [3.63, 3.8) is 0 Å². The van der Waals surface area contributed by atoms with Crippen molar-refractivity contribution in [1.29, 1.82) is 0 Å². The molecule has 1 radical (unpaired) electrons. The summed E-state index contributed by atoms with van der Waals surface area (Å²) in [5.41, 5.74) is -0.0293. The molecule has 0 fully saturated rings. The number of aryl methyl sites for hydroxylation is 1. The van der Waals surface area contributed by atoms with Crippen molar-refractivity contribution < 1.29 is 24.0 Å². The molecule has 0 unspecified atom stereocenters. The number of hydrogen-bond acceptors (Lipinski definition) is 7. The van der Waals surface area contributed by atoms with Gasteiger partial charge in [-0.1, -0.05) is 0 Å². The minimum Gasteiger partial charge on any atom is -0.492 e. The molecular weight excluding hydrogens is 327 g/mol. The number of benzene rings is 1. The van der Waals surface area contributed by atoms with Crippen molar-refractivity contribution in [3.8, 4) is 5.75 Å². The Hall–Kier alpha value is -2.42. The third kappa shape index (κ3) is 7.80. The van der Waals surface area contributed by atoms with Gasteiger partial charge in [-0.3, -0.25) is 14.9 Å². The summed E-state index contributed by atoms with van der Waals surface area (Å²) in [6.45, 7) is 7.07. The first-order valence-corrected chi connectivity index (χ1v) is 7.75. The molecule has 1 aromatic carbocycles. The molecule has 0 spiro atoms. The molecule has 1 N–H and O–H groups in total. The number of nitro benzene ring substituents is 1. The predicted octanol–water partition coefficient (Wildman–Crippen LogP) is 1.78. The predicted molar refractivity (Wildman–Crippen MR) is 93.2 cm³/mol. The molecule has 0 aliphatic carbocycles. The zero-order valence-electron chi connectivity index (χ0n) is 14.8. The van der Waals surface area contributed by atoms with E-state index in [0.29, 0.717) is 17.5 Å². The van der Waals surface area contributed by atoms with Gasteiger partial charge >= 0.3 is 5.97 Å². The highest BCUT2D eigenvalue weighted by Crippen LogP contribution is 2.23. The number of nitrogens with one attached hydrogen (secondary N) is 1. The highest BCUT2D eigenvalue weighted by molar-refractivity contribution is 6.64. The number of nitrogens with zero attached hydrogens (tertiary/aromatic N) is 1. The Kier molecular flexibility index (Phi) is 7.57. The maximum Gasteiger partial charge on any atom is 0.307 e. The number of rotatable bonds is 9. The number of nitro groups is 1. The van der Waals surface area contributed by atoms with E-state index in [-0.39, 0.29) is 18.7 Å². The SMILES string of the molecule is Cc1cc([N+](=O)[O-])ccc1OC[C@@H](CC(=O)OC(C)(C)C)N[B]C=O. The third-order valence-corrected chi connectivity index (χ3v) is 3.04. The van der Waals surface area contributed by atoms with Crippen LogP contribution in [0.1, 0.15) is 32.8 Å². The fourth-order valence-electron chi connectivity index (χ4n) is 2.03. The second kappa shape index (κ2) is 9.17. The summed E-state index contributed by atoms with van der Waals surface area (Å²) in [6.07, 6.45) is 0.576. The fraction of sp³-hybridized carbons (Fsp3) is 0.500. The van der Waals surface area contributed by atoms with Crippen molar-refractivity contribution in [2.24, 2.45) is 0 Å². The van der Waals surface area contributed by atoms with Crippen LogP contribution in [0.25, 0.3) is 0 Å². The van der Waals surface area contributed by atoms with Crippen molar-refractivity contribution in [2.45, 2.75) is 45.8 Å². The second-order valence-electron chi connectivity index (χ2n) is 6.47. The normalized spacial score (nSPS) is 12.2. The molecule has 0 saturated heterocycles. The minimum atomic E-state index is -0.605. The van der Waals surface area contributed by atoms with E-state index in [0.717, 1.165) is 0 Å². The molecule has 0 bridgehead atoms. The summed E-state index contributed by atoms with van der Waals surface area (Å²) in [6, 6.07) is 3.77. The highest BCUT2D eigenvalue weighted by Gasteiger charge is 2.21. The Labute approximate surface area is 147 Å². The largest absolute Gasteiger partial charge is 0.492 e. The smallest absolute Gasteiger partial charge is 0.307 e. The summed E-state index contributed by atoms with van der Waals surface area (Å²) in [7, 11) is 1.18. The molecule has 9 heteroatoms. The minimum absolute atomic E-state index is 0.00758. The average Bonchev–Trinajstić information content (AvgIpc) is 2.48. The molecule has 0 aromatic heterocycles. The van der Waals surface area contributed by atoms with Crippen LogP contribution in [0.3, 0.4) is 0 Å². The maximum atomic E-state index is 11.9. The van der Waals surface area contributed by atoms with E-state index >= 15 is 0 Å². The van der Waals surface area contributed by atoms with E-state index in [9.17, 15) is 19.7 Å². The summed E-state index contributed by atoms with van der Waals surface area (Å²) < 4.78 is 10.9. The molecule has 25 heavy (non-hydrogen) atoms. The Morgan fingerprint density at radius 2 is 2.12 bits per heavy atom. The van der Waals surface area contributed by atoms with Gasteiger partial charge in [0.2, 0.25) is 0 Å². The lowest BCUT2D eigenvalue weighted by atomic mass is 9.96. The number of carbonyl (C=O) groups is 2. The van der Waals surface area contributed by atoms with Crippen molar-refractivity contribution in [2.75, 3.05) is 6.61 Å². The number of ether oxygens (including phenoxy) is 2. The molecule has 8 nitrogen and oxygen atoms in total. The van der Waals surface area contributed by atoms with E-state index in [4.69, 9.17) is 9.47 Å². The Morgan fingerprint density at radius 3 is 2.64 bits per heavy atom. The maximum absolute atomic E-state index is 11.9. The molecule has 1 rings (SSSR count). The van der Waals surface area contributed by atoms with E-state index < -0.39 is 22.5 Å². The number of carbonyl (C=O) groups excluding carboxylic acids is 2. The van der Waals surface area contributed by atoms with Crippen LogP contribution in [0.15, 0.2) is 18.2 Å². The summed E-state index contributed by atoms with van der Waals surface area (Å²) in [5, 5.41) is 13.5. The molecule has 0 aliphatic heterocycles. The Morgan fingerprint density at radius 1 is 1.44 bits per heavy atom. The van der Waals surface area contributed by atoms with Crippen LogP contribution in [0.4, 0.5) is 5.69 Å². The number of non-ortho nitro benzene ring substituents is 1. The third-order valence-electron chi connectivity index (χ3n) is 3.04. The lowest BCUT2D eigenvalue weighted by molar-refractivity contribution is -0.384. The lowest BCUT2D eigenvalue weighted by Crippen LogP contribution is -2.41. The average molecular weight is 349 g/mol. The Balaban J connectivity index is 2.70. The standard InChI is InChI=1S/C16H22BN2O6/c1-11-7-13(19(22)23)5-6-14(11)24-9-12(18-17-10-20)8-15(21)25-16(2,3)4/h5-7,10,12,18H,8-9H2,1-4H3/t12-/m1/s1. The van der Waals surface area contributed by atoms with E-state index in [1.807, 2.05) is 0 Å². The highest BCUT2D eigenvalue weighted by atomic mass is 16.6. The van der Waals surface area contributed by atoms with Crippen LogP contribution in [0.5, 0.6) is 5.75 Å². The van der Waals surface area contributed by atoms with Gasteiger partial charge in [0.25, 0.3) is 13.1 Å². The quantitative estimate of drug-likeness (QED) is 0.238. The monoisotopic (exact) mass is 349 g/mol. The van der Waals surface area contributed by atoms with Crippen molar-refractivity contribution >= 4 is 25.3 Å². The van der Waals surface area contributed by atoms with Crippen LogP contribution < -0.4 is 9.96 Å². The zero-order chi connectivity index (χ0) is 19.0. The molecule has 0 saturated carbocycles. The molecule has 135 valence electrons. The van der Waals surface area contributed by atoms with Crippen LogP contribution in [-0.2, 0) is 14.3 Å². The number of hydrogen-bond donors (Lipinski definition) is 1. The molecular formula is C16H22BN2O6. The zero-order valence-corrected chi connectivity index (χ0v) is 14.8. The van der Waals surface area contributed by atoms with Crippen LogP contribution in [-0.4, -0.2) is 42.7 Å². The van der Waals surface area contributed by atoms with Crippen LogP contribution >= 0.6 is 0 Å². The van der Waals surface area contributed by atoms with Crippen molar-refractivity contribution in [1.82, 2.24) is 5.23 Å². The lowest BCUT2D eigenvalue weighted by Gasteiger charge is -2.23. The van der Waals surface area contributed by atoms with E-state index in [1.165, 1.54) is 25.6 Å². The van der Waals surface area contributed by atoms with Gasteiger partial charge in [0.15, 0.2) is 0 Å². The van der Waals surface area contributed by atoms with Gasteiger partial charge in [0.1, 0.15) is 18.0 Å². The van der Waals surface area contributed by atoms with E-state index in [2.05, 4.69) is 5.23 Å². The van der Waals surface area contributed by atoms with Gasteiger partial charge in [-0.2, -0.15) is 0 Å². The van der Waals surface area contributed by atoms with Gasteiger partial charge < -0.3 is 19.5 Å². The first-order chi connectivity index (χ1) is 11.6. The molecule has 0 heterocycles. The van der Waals surface area contributed by atoms with Gasteiger partial charge in [-0.25, -0.2) is 0 Å². The second-order valence-corrected chi connectivity index (χ2v) is 6.47. The number of esters is 1. The van der Waals surface area contributed by atoms with Gasteiger partial charge in [0.05, 0.1) is 17.5 Å². The van der Waals surface area contributed by atoms with Crippen molar-refractivity contribution in [3.05, 3.63) is 33.9 Å². The first-order valence-electron chi connectivity index (χ1n) is 7.75. The summed E-state index contributed by atoms with van der Waals surface area (Å²) >= 11 is 0. The molecule has 1 aromatic rings. The van der Waals surface area contributed by atoms with Crippen LogP contribution in [0.2, 0.25) is 0 Å². The topological polar surface area (TPSA) is 108 Å². The van der Waals surface area contributed by atoms with E-state index in [1.54, 1.807) is 27.7 Å². The fourth-order valence-corrected chi connectivity index (χ4v) is 2.03. The Bertz CT molecular complexity index is 630. The summed E-state index contributed by atoms with van der Waals surface area (Å²) in [4.78, 5) is 32.7. The molecule has 0 aliphatic rings. The first kappa shape index (κ1) is 20.6. The molecule has 1 atom stereocenters. The van der Waals surface area contributed by atoms with Gasteiger partial charge in [-0.05, 0) is 39.3 Å². The van der Waals surface area contributed by atoms with Crippen LogP contribution in [0, 0.1) is 17.0 Å². The van der Waals surface area contributed by atoms with Gasteiger partial charge in [0, 0.05) is 18.2 Å².